The molecule has 4 rings (SSSR count). The van der Waals surface area contributed by atoms with Crippen molar-refractivity contribution in [3.8, 4) is 0 Å². The van der Waals surface area contributed by atoms with Gasteiger partial charge in [-0.2, -0.15) is 0 Å². The molecule has 2 fully saturated rings. The molecule has 2 aliphatic carbocycles. The van der Waals surface area contributed by atoms with Crippen molar-refractivity contribution in [1.29, 1.82) is 0 Å². The fourth-order valence-corrected chi connectivity index (χ4v) is 5.52. The highest BCUT2D eigenvalue weighted by atomic mass is 16.5. The van der Waals surface area contributed by atoms with Gasteiger partial charge in [-0.1, -0.05) is 12.0 Å². The summed E-state index contributed by atoms with van der Waals surface area (Å²) in [6.07, 6.45) is 6.19. The second-order valence-electron chi connectivity index (χ2n) is 8.08. The lowest BCUT2D eigenvalue weighted by Crippen LogP contribution is -2.62. The van der Waals surface area contributed by atoms with E-state index in [0.29, 0.717) is 25.7 Å². The summed E-state index contributed by atoms with van der Waals surface area (Å²) in [4.78, 5) is 38.2. The van der Waals surface area contributed by atoms with E-state index in [4.69, 9.17) is 9.15 Å². The third-order valence-electron chi connectivity index (χ3n) is 6.75. The Bertz CT molecular complexity index is 806. The molecule has 1 saturated heterocycles. The monoisotopic (exact) mass is 358 g/mol. The number of esters is 1. The highest BCUT2D eigenvalue weighted by molar-refractivity contribution is 6.02. The van der Waals surface area contributed by atoms with Gasteiger partial charge in [-0.15, -0.1) is 0 Å². The van der Waals surface area contributed by atoms with E-state index in [1.54, 1.807) is 25.3 Å². The number of furan rings is 1. The van der Waals surface area contributed by atoms with Gasteiger partial charge in [0, 0.05) is 11.5 Å². The average molecular weight is 358 g/mol. The predicted octanol–water partition coefficient (Wildman–Crippen LogP) is 3.29. The van der Waals surface area contributed by atoms with Gasteiger partial charge < -0.3 is 14.3 Å². The van der Waals surface area contributed by atoms with E-state index in [1.807, 2.05) is 6.92 Å². The van der Waals surface area contributed by atoms with Crippen molar-refractivity contribution in [2.75, 3.05) is 0 Å². The number of aliphatic carboxylic acids is 1. The van der Waals surface area contributed by atoms with E-state index in [-0.39, 0.29) is 11.7 Å². The first-order chi connectivity index (χ1) is 12.3. The SMILES string of the molecule is CC1=CC(=O)C2C(C)(C(=O)O)CCCC23C(=O)OC(c2ccoc2)CC13. The van der Waals surface area contributed by atoms with Gasteiger partial charge in [0.1, 0.15) is 6.10 Å². The molecule has 6 heteroatoms. The molecule has 1 aliphatic heterocycles. The minimum Gasteiger partial charge on any atom is -0.481 e. The van der Waals surface area contributed by atoms with Crippen LogP contribution in [0.1, 0.15) is 51.2 Å². The Morgan fingerprint density at radius 1 is 1.31 bits per heavy atom. The molecule has 6 nitrogen and oxygen atoms in total. The Morgan fingerprint density at radius 2 is 2.08 bits per heavy atom. The number of hydrogen-bond acceptors (Lipinski definition) is 5. The van der Waals surface area contributed by atoms with Crippen LogP contribution in [0.4, 0.5) is 0 Å². The van der Waals surface area contributed by atoms with Gasteiger partial charge in [0.05, 0.1) is 29.3 Å². The van der Waals surface area contributed by atoms with Gasteiger partial charge in [0.25, 0.3) is 0 Å². The van der Waals surface area contributed by atoms with Gasteiger partial charge >= 0.3 is 11.9 Å². The molecule has 1 aromatic heterocycles. The summed E-state index contributed by atoms with van der Waals surface area (Å²) in [7, 11) is 0. The number of carboxylic acids is 1. The zero-order valence-electron chi connectivity index (χ0n) is 14.9. The quantitative estimate of drug-likeness (QED) is 0.815. The Balaban J connectivity index is 1.84. The van der Waals surface area contributed by atoms with Crippen molar-refractivity contribution < 1.29 is 28.6 Å². The first-order valence-corrected chi connectivity index (χ1v) is 8.99. The molecule has 0 bridgehead atoms. The number of carboxylic acid groups (broad SMARTS) is 1. The Hall–Kier alpha value is -2.37. The average Bonchev–Trinajstić information content (AvgIpc) is 3.10. The lowest BCUT2D eigenvalue weighted by Gasteiger charge is -2.56. The third kappa shape index (κ3) is 2.07. The fourth-order valence-electron chi connectivity index (χ4n) is 5.52. The molecule has 26 heavy (non-hydrogen) atoms. The van der Waals surface area contributed by atoms with Gasteiger partial charge in [-0.3, -0.25) is 14.4 Å². The number of hydrogen-bond donors (Lipinski definition) is 1. The standard InChI is InChI=1S/C20H22O6/c1-11-8-14(21)16-19(2,17(22)23)5-3-6-20(16)13(11)9-15(26-18(20)24)12-4-7-25-10-12/h4,7-8,10,13,15-16H,3,5-6,9H2,1-2H3,(H,22,23). The predicted molar refractivity (Wildman–Crippen MR) is 89.9 cm³/mol. The number of ether oxygens (including phenoxy) is 1. The number of allylic oxidation sites excluding steroid dienone is 2. The summed E-state index contributed by atoms with van der Waals surface area (Å²) in [5.41, 5.74) is -0.717. The van der Waals surface area contributed by atoms with E-state index in [2.05, 4.69) is 0 Å². The summed E-state index contributed by atoms with van der Waals surface area (Å²) >= 11 is 0. The molecule has 1 spiro atoms. The number of rotatable bonds is 2. The van der Waals surface area contributed by atoms with Crippen LogP contribution in [-0.2, 0) is 19.1 Å². The first kappa shape index (κ1) is 17.1. The molecule has 138 valence electrons. The molecule has 2 heterocycles. The Morgan fingerprint density at radius 3 is 2.73 bits per heavy atom. The van der Waals surface area contributed by atoms with Gasteiger partial charge in [-0.25, -0.2) is 0 Å². The van der Waals surface area contributed by atoms with Crippen molar-refractivity contribution in [1.82, 2.24) is 0 Å². The van der Waals surface area contributed by atoms with Crippen LogP contribution in [0.25, 0.3) is 0 Å². The third-order valence-corrected chi connectivity index (χ3v) is 6.75. The van der Waals surface area contributed by atoms with Crippen LogP contribution in [0.15, 0.2) is 34.7 Å². The van der Waals surface area contributed by atoms with Crippen molar-refractivity contribution in [2.45, 2.75) is 45.6 Å². The fraction of sp³-hybridized carbons (Fsp3) is 0.550. The topological polar surface area (TPSA) is 93.8 Å². The van der Waals surface area contributed by atoms with Crippen LogP contribution in [-0.4, -0.2) is 22.8 Å². The number of ketones is 1. The molecule has 1 saturated carbocycles. The second kappa shape index (κ2) is 5.56. The second-order valence-corrected chi connectivity index (χ2v) is 8.08. The number of carbonyl (C=O) groups excluding carboxylic acids is 2. The smallest absolute Gasteiger partial charge is 0.314 e. The minimum atomic E-state index is -1.26. The molecular formula is C20H22O6. The summed E-state index contributed by atoms with van der Waals surface area (Å²) < 4.78 is 10.9. The molecular weight excluding hydrogens is 336 g/mol. The van der Waals surface area contributed by atoms with Crippen LogP contribution in [0.5, 0.6) is 0 Å². The normalized spacial score (nSPS) is 39.5. The Kier molecular flexibility index (Phi) is 3.65. The van der Waals surface area contributed by atoms with Crippen molar-refractivity contribution >= 4 is 17.7 Å². The molecule has 0 radical (unpaired) electrons. The van der Waals surface area contributed by atoms with Crippen molar-refractivity contribution in [2.24, 2.45) is 22.7 Å². The van der Waals surface area contributed by atoms with Crippen LogP contribution < -0.4 is 0 Å². The largest absolute Gasteiger partial charge is 0.481 e. The van der Waals surface area contributed by atoms with Gasteiger partial charge in [0.15, 0.2) is 5.78 Å². The maximum atomic E-state index is 13.3. The van der Waals surface area contributed by atoms with Crippen molar-refractivity contribution in [3.05, 3.63) is 35.8 Å². The van der Waals surface area contributed by atoms with E-state index >= 15 is 0 Å². The molecule has 5 atom stereocenters. The lowest BCUT2D eigenvalue weighted by atomic mass is 9.46. The van der Waals surface area contributed by atoms with Gasteiger partial charge in [-0.05, 0) is 45.3 Å². The highest BCUT2D eigenvalue weighted by Gasteiger charge is 2.68. The maximum Gasteiger partial charge on any atom is 0.314 e. The van der Waals surface area contributed by atoms with Crippen LogP contribution in [0, 0.1) is 22.7 Å². The number of cyclic esters (lactones) is 1. The highest BCUT2D eigenvalue weighted by Crippen LogP contribution is 2.63. The molecule has 1 N–H and O–H groups in total. The minimum absolute atomic E-state index is 0.203. The van der Waals surface area contributed by atoms with E-state index in [0.717, 1.165) is 11.1 Å². The van der Waals surface area contributed by atoms with Crippen LogP contribution >= 0.6 is 0 Å². The summed E-state index contributed by atoms with van der Waals surface area (Å²) in [5.74, 6) is -2.82. The molecule has 1 aromatic rings. The van der Waals surface area contributed by atoms with Gasteiger partial charge in [0.2, 0.25) is 0 Å². The van der Waals surface area contributed by atoms with E-state index in [9.17, 15) is 19.5 Å². The first-order valence-electron chi connectivity index (χ1n) is 8.99. The van der Waals surface area contributed by atoms with Crippen molar-refractivity contribution in [3.63, 3.8) is 0 Å². The maximum absolute atomic E-state index is 13.3. The van der Waals surface area contributed by atoms with Crippen LogP contribution in [0.2, 0.25) is 0 Å². The zero-order valence-corrected chi connectivity index (χ0v) is 14.9. The molecule has 0 aromatic carbocycles. The van der Waals surface area contributed by atoms with E-state index in [1.165, 1.54) is 6.26 Å². The molecule has 5 unspecified atom stereocenters. The Labute approximate surface area is 151 Å². The molecule has 3 aliphatic rings. The zero-order chi connectivity index (χ0) is 18.7. The molecule has 0 amide bonds. The summed E-state index contributed by atoms with van der Waals surface area (Å²) in [6.45, 7) is 3.46. The lowest BCUT2D eigenvalue weighted by molar-refractivity contribution is -0.201. The summed E-state index contributed by atoms with van der Waals surface area (Å²) in [5, 5.41) is 9.86. The van der Waals surface area contributed by atoms with E-state index < -0.39 is 34.8 Å². The number of carbonyl (C=O) groups is 3. The summed E-state index contributed by atoms with van der Waals surface area (Å²) in [6, 6.07) is 1.77. The van der Waals surface area contributed by atoms with Crippen LogP contribution in [0.3, 0.4) is 0 Å².